The Labute approximate surface area is 100 Å². The molecule has 0 aromatic rings. The predicted octanol–water partition coefficient (Wildman–Crippen LogP) is 2.90. The second-order valence-electron chi connectivity index (χ2n) is 4.42. The summed E-state index contributed by atoms with van der Waals surface area (Å²) in [6.45, 7) is 2.96. The van der Waals surface area contributed by atoms with E-state index in [0.717, 1.165) is 25.8 Å². The maximum atomic E-state index is 11.8. The molecule has 0 spiro atoms. The third-order valence-corrected chi connectivity index (χ3v) is 3.86. The summed E-state index contributed by atoms with van der Waals surface area (Å²) in [5.41, 5.74) is -0.0513. The van der Waals surface area contributed by atoms with E-state index < -0.39 is 0 Å². The average molecular weight is 309 g/mol. The molecule has 0 aromatic heterocycles. The number of rotatable bonds is 5. The van der Waals surface area contributed by atoms with Crippen molar-refractivity contribution in [1.82, 2.24) is 5.32 Å². The third kappa shape index (κ3) is 3.41. The van der Waals surface area contributed by atoms with Crippen LogP contribution in [0, 0.1) is 5.41 Å². The van der Waals surface area contributed by atoms with Gasteiger partial charge in [-0.2, -0.15) is 0 Å². The second-order valence-corrected chi connectivity index (χ2v) is 5.50. The fourth-order valence-electron chi connectivity index (χ4n) is 2.02. The quantitative estimate of drug-likeness (QED) is 0.472. The molecule has 0 radical (unpaired) electrons. The molecule has 1 N–H and O–H groups in total. The molecule has 0 atom stereocenters. The highest BCUT2D eigenvalue weighted by molar-refractivity contribution is 14.1. The predicted molar refractivity (Wildman–Crippen MR) is 67.7 cm³/mol. The van der Waals surface area contributed by atoms with Gasteiger partial charge in [0.1, 0.15) is 0 Å². The lowest BCUT2D eigenvalue weighted by Gasteiger charge is -2.22. The number of hydrogen-bond acceptors (Lipinski definition) is 1. The number of unbranched alkanes of at least 4 members (excludes halogenated alkanes) is 1. The number of nitrogens with one attached hydrogen (secondary N) is 1. The third-order valence-electron chi connectivity index (χ3n) is 3.10. The lowest BCUT2D eigenvalue weighted by Crippen LogP contribution is -2.37. The van der Waals surface area contributed by atoms with Crippen LogP contribution in [-0.4, -0.2) is 16.9 Å². The molecule has 0 unspecified atom stereocenters. The van der Waals surface area contributed by atoms with Gasteiger partial charge in [-0.3, -0.25) is 4.79 Å². The minimum atomic E-state index is -0.0513. The van der Waals surface area contributed by atoms with Gasteiger partial charge in [0.15, 0.2) is 0 Å². The summed E-state index contributed by atoms with van der Waals surface area (Å²) in [4.78, 5) is 11.8. The number of hydrogen-bond donors (Lipinski definition) is 1. The first-order valence-corrected chi connectivity index (χ1v) is 7.06. The molecule has 0 aromatic carbocycles. The molecule has 1 fully saturated rings. The molecule has 2 nitrogen and oxygen atoms in total. The second kappa shape index (κ2) is 5.93. The lowest BCUT2D eigenvalue weighted by atomic mass is 9.88. The van der Waals surface area contributed by atoms with Crippen LogP contribution in [0.1, 0.15) is 45.4 Å². The zero-order valence-electron chi connectivity index (χ0n) is 8.94. The Morgan fingerprint density at radius 2 is 2.00 bits per heavy atom. The Morgan fingerprint density at radius 1 is 1.36 bits per heavy atom. The molecule has 0 heterocycles. The van der Waals surface area contributed by atoms with Crippen LogP contribution in [0.5, 0.6) is 0 Å². The molecule has 1 saturated carbocycles. The van der Waals surface area contributed by atoms with Gasteiger partial charge in [0, 0.05) is 12.0 Å². The van der Waals surface area contributed by atoms with Crippen molar-refractivity contribution in [3.8, 4) is 0 Å². The lowest BCUT2D eigenvalue weighted by molar-refractivity contribution is -0.129. The zero-order valence-corrected chi connectivity index (χ0v) is 11.1. The van der Waals surface area contributed by atoms with Gasteiger partial charge in [-0.1, -0.05) is 42.4 Å². The van der Waals surface area contributed by atoms with Gasteiger partial charge in [0.2, 0.25) is 5.91 Å². The summed E-state index contributed by atoms with van der Waals surface area (Å²) in [7, 11) is 0. The van der Waals surface area contributed by atoms with E-state index >= 15 is 0 Å². The molecule has 3 heteroatoms. The summed E-state index contributed by atoms with van der Waals surface area (Å²) in [6, 6.07) is 0. The zero-order chi connectivity index (χ0) is 10.4. The maximum absolute atomic E-state index is 11.8. The van der Waals surface area contributed by atoms with Gasteiger partial charge < -0.3 is 5.32 Å². The van der Waals surface area contributed by atoms with Crippen LogP contribution in [0.3, 0.4) is 0 Å². The highest BCUT2D eigenvalue weighted by Crippen LogP contribution is 2.37. The van der Waals surface area contributed by atoms with Crippen molar-refractivity contribution in [3.63, 3.8) is 0 Å². The topological polar surface area (TPSA) is 29.1 Å². The number of carbonyl (C=O) groups is 1. The monoisotopic (exact) mass is 309 g/mol. The number of carbonyl (C=O) groups excluding carboxylic acids is 1. The highest BCUT2D eigenvalue weighted by atomic mass is 127. The molecule has 0 bridgehead atoms. The first kappa shape index (κ1) is 12.3. The van der Waals surface area contributed by atoms with Crippen molar-refractivity contribution in [2.45, 2.75) is 45.4 Å². The van der Waals surface area contributed by atoms with Crippen LogP contribution in [-0.2, 0) is 4.79 Å². The first-order chi connectivity index (χ1) is 6.69. The van der Waals surface area contributed by atoms with Gasteiger partial charge in [-0.15, -0.1) is 0 Å². The molecule has 14 heavy (non-hydrogen) atoms. The minimum absolute atomic E-state index is 0.0513. The molecule has 0 saturated heterocycles. The summed E-state index contributed by atoms with van der Waals surface area (Å²) in [5.74, 6) is 0.281. The molecule has 1 rings (SSSR count). The van der Waals surface area contributed by atoms with Gasteiger partial charge in [0.05, 0.1) is 0 Å². The van der Waals surface area contributed by atoms with Gasteiger partial charge in [-0.05, 0) is 30.1 Å². The van der Waals surface area contributed by atoms with Crippen LogP contribution in [0.25, 0.3) is 0 Å². The Hall–Kier alpha value is 0.200. The van der Waals surface area contributed by atoms with Crippen LogP contribution in [0.4, 0.5) is 0 Å². The molecule has 1 amide bonds. The van der Waals surface area contributed by atoms with E-state index in [-0.39, 0.29) is 11.3 Å². The normalized spacial score (nSPS) is 19.6. The van der Waals surface area contributed by atoms with E-state index in [9.17, 15) is 4.79 Å². The van der Waals surface area contributed by atoms with Gasteiger partial charge >= 0.3 is 0 Å². The largest absolute Gasteiger partial charge is 0.356 e. The van der Waals surface area contributed by atoms with E-state index in [4.69, 9.17) is 0 Å². The van der Waals surface area contributed by atoms with Crippen LogP contribution in [0.15, 0.2) is 0 Å². The van der Waals surface area contributed by atoms with E-state index in [2.05, 4.69) is 34.8 Å². The summed E-state index contributed by atoms with van der Waals surface area (Å²) < 4.78 is 1.19. The van der Waals surface area contributed by atoms with Gasteiger partial charge in [-0.25, -0.2) is 0 Å². The van der Waals surface area contributed by atoms with E-state index in [1.165, 1.54) is 23.7 Å². The van der Waals surface area contributed by atoms with Crippen LogP contribution < -0.4 is 5.32 Å². The molecular formula is C11H20INO. The molecule has 0 aliphatic heterocycles. The number of amides is 1. The first-order valence-electron chi connectivity index (χ1n) is 5.53. The Bertz CT molecular complexity index is 188. The smallest absolute Gasteiger partial charge is 0.225 e. The maximum Gasteiger partial charge on any atom is 0.225 e. The van der Waals surface area contributed by atoms with Crippen molar-refractivity contribution in [1.29, 1.82) is 0 Å². The van der Waals surface area contributed by atoms with E-state index in [1.807, 2.05) is 0 Å². The Kier molecular flexibility index (Phi) is 5.20. The summed E-state index contributed by atoms with van der Waals surface area (Å²) in [6.07, 6.45) is 6.91. The van der Waals surface area contributed by atoms with E-state index in [1.54, 1.807) is 0 Å². The fraction of sp³-hybridized carbons (Fsp3) is 0.909. The fourth-order valence-corrected chi connectivity index (χ4v) is 2.56. The standard InChI is InChI=1S/C11H20INO/c1-11(6-2-3-7-11)10(14)13-9-5-4-8-12/h2-9H2,1H3,(H,13,14). The molecule has 1 aliphatic rings. The minimum Gasteiger partial charge on any atom is -0.356 e. The summed E-state index contributed by atoms with van der Waals surface area (Å²) >= 11 is 2.37. The van der Waals surface area contributed by atoms with Crippen molar-refractivity contribution < 1.29 is 4.79 Å². The molecule has 1 aliphatic carbocycles. The number of halogens is 1. The SMILES string of the molecule is CC1(C(=O)NCCCCI)CCCC1. The highest BCUT2D eigenvalue weighted by Gasteiger charge is 2.35. The average Bonchev–Trinajstić information content (AvgIpc) is 2.61. The van der Waals surface area contributed by atoms with E-state index in [0.29, 0.717) is 0 Å². The molecular weight excluding hydrogens is 289 g/mol. The van der Waals surface area contributed by atoms with Crippen molar-refractivity contribution in [2.75, 3.05) is 11.0 Å². The summed E-state index contributed by atoms with van der Waals surface area (Å²) in [5, 5.41) is 3.06. The van der Waals surface area contributed by atoms with Crippen molar-refractivity contribution in [3.05, 3.63) is 0 Å². The van der Waals surface area contributed by atoms with Crippen LogP contribution in [0.2, 0.25) is 0 Å². The number of alkyl halides is 1. The molecule has 82 valence electrons. The van der Waals surface area contributed by atoms with Crippen molar-refractivity contribution >= 4 is 28.5 Å². The Morgan fingerprint density at radius 3 is 2.57 bits per heavy atom. The van der Waals surface area contributed by atoms with Crippen molar-refractivity contribution in [2.24, 2.45) is 5.41 Å². The Balaban J connectivity index is 2.20. The van der Waals surface area contributed by atoms with Crippen LogP contribution >= 0.6 is 22.6 Å². The van der Waals surface area contributed by atoms with Gasteiger partial charge in [0.25, 0.3) is 0 Å².